The minimum absolute atomic E-state index is 0.0989. The predicted octanol–water partition coefficient (Wildman–Crippen LogP) is 1.09. The van der Waals surface area contributed by atoms with Crippen LogP contribution in [-0.4, -0.2) is 21.7 Å². The fraction of sp³-hybridized carbons (Fsp3) is 0.667. The Morgan fingerprint density at radius 1 is 1.59 bits per heavy atom. The third-order valence-corrected chi connectivity index (χ3v) is 3.47. The van der Waals surface area contributed by atoms with Crippen molar-refractivity contribution in [1.82, 2.24) is 15.1 Å². The van der Waals surface area contributed by atoms with E-state index < -0.39 is 0 Å². The summed E-state index contributed by atoms with van der Waals surface area (Å²) in [6.07, 6.45) is 2.95. The Kier molecular flexibility index (Phi) is 3.09. The van der Waals surface area contributed by atoms with Crippen molar-refractivity contribution in [2.75, 3.05) is 5.73 Å². The van der Waals surface area contributed by atoms with E-state index in [0.717, 1.165) is 25.0 Å². The molecule has 5 heteroatoms. The molecule has 94 valence electrons. The van der Waals surface area contributed by atoms with Crippen LogP contribution in [0.1, 0.15) is 42.9 Å². The van der Waals surface area contributed by atoms with Crippen LogP contribution in [0.15, 0.2) is 0 Å². The molecular formula is C12H20N4O. The Labute approximate surface area is 101 Å². The Morgan fingerprint density at radius 3 is 2.76 bits per heavy atom. The third-order valence-electron chi connectivity index (χ3n) is 3.47. The number of nitrogens with one attached hydrogen (secondary N) is 1. The molecule has 0 aromatic carbocycles. The lowest BCUT2D eigenvalue weighted by Gasteiger charge is -2.05. The predicted molar refractivity (Wildman–Crippen MR) is 66.7 cm³/mol. The van der Waals surface area contributed by atoms with E-state index in [1.807, 2.05) is 6.92 Å². The molecule has 0 aliphatic heterocycles. The highest BCUT2D eigenvalue weighted by molar-refractivity contribution is 5.98. The lowest BCUT2D eigenvalue weighted by molar-refractivity contribution is 0.0940. The molecule has 1 aliphatic rings. The third kappa shape index (κ3) is 2.14. The van der Waals surface area contributed by atoms with Crippen LogP contribution in [0.5, 0.6) is 0 Å². The maximum absolute atomic E-state index is 12.1. The van der Waals surface area contributed by atoms with E-state index in [4.69, 9.17) is 5.73 Å². The summed E-state index contributed by atoms with van der Waals surface area (Å²) in [4.78, 5) is 12.1. The van der Waals surface area contributed by atoms with E-state index in [1.54, 1.807) is 11.7 Å². The maximum Gasteiger partial charge on any atom is 0.271 e. The largest absolute Gasteiger partial charge is 0.395 e. The van der Waals surface area contributed by atoms with Crippen molar-refractivity contribution in [3.8, 4) is 0 Å². The molecule has 1 aliphatic carbocycles. The highest BCUT2D eigenvalue weighted by Crippen LogP contribution is 2.33. The van der Waals surface area contributed by atoms with Crippen LogP contribution in [0.3, 0.4) is 0 Å². The average molecular weight is 236 g/mol. The molecule has 1 aromatic rings. The number of nitrogens with two attached hydrogens (primary N) is 1. The van der Waals surface area contributed by atoms with Gasteiger partial charge in [-0.05, 0) is 18.8 Å². The molecule has 2 atom stereocenters. The summed E-state index contributed by atoms with van der Waals surface area (Å²) >= 11 is 0. The van der Waals surface area contributed by atoms with Crippen LogP contribution in [0.2, 0.25) is 0 Å². The standard InChI is InChI=1S/C12H20N4O/c1-4-7-6-9(7)14-12(17)11-10(13)8(5-2)15-16(11)3/h7,9H,4-6,13H2,1-3H3,(H,14,17). The first kappa shape index (κ1) is 12.0. The molecule has 1 heterocycles. The first-order valence-corrected chi connectivity index (χ1v) is 6.20. The zero-order chi connectivity index (χ0) is 12.6. The number of carbonyl (C=O) groups excluding carboxylic acids is 1. The summed E-state index contributed by atoms with van der Waals surface area (Å²) in [6, 6.07) is 0.326. The number of nitrogens with zero attached hydrogens (tertiary/aromatic N) is 2. The van der Waals surface area contributed by atoms with E-state index >= 15 is 0 Å². The molecule has 0 radical (unpaired) electrons. The monoisotopic (exact) mass is 236 g/mol. The van der Waals surface area contributed by atoms with E-state index in [9.17, 15) is 4.79 Å². The van der Waals surface area contributed by atoms with Gasteiger partial charge in [0.15, 0.2) is 0 Å². The van der Waals surface area contributed by atoms with Crippen molar-refractivity contribution >= 4 is 11.6 Å². The van der Waals surface area contributed by atoms with Crippen LogP contribution < -0.4 is 11.1 Å². The van der Waals surface area contributed by atoms with Gasteiger partial charge in [0.05, 0.1) is 11.4 Å². The number of nitrogen functional groups attached to an aromatic ring is 1. The van der Waals surface area contributed by atoms with Gasteiger partial charge in [0, 0.05) is 13.1 Å². The average Bonchev–Trinajstić information content (AvgIpc) is 2.97. The van der Waals surface area contributed by atoms with Gasteiger partial charge in [-0.25, -0.2) is 0 Å². The van der Waals surface area contributed by atoms with Crippen molar-refractivity contribution in [3.05, 3.63) is 11.4 Å². The molecule has 0 bridgehead atoms. The zero-order valence-electron chi connectivity index (χ0n) is 10.7. The lowest BCUT2D eigenvalue weighted by Crippen LogP contribution is -2.29. The minimum atomic E-state index is -0.0989. The molecule has 5 nitrogen and oxygen atoms in total. The normalized spacial score (nSPS) is 22.5. The second kappa shape index (κ2) is 4.39. The maximum atomic E-state index is 12.1. The van der Waals surface area contributed by atoms with Gasteiger partial charge in [-0.15, -0.1) is 0 Å². The number of hydrogen-bond acceptors (Lipinski definition) is 3. The van der Waals surface area contributed by atoms with Crippen LogP contribution in [0.4, 0.5) is 5.69 Å². The zero-order valence-corrected chi connectivity index (χ0v) is 10.7. The number of carbonyl (C=O) groups is 1. The fourth-order valence-corrected chi connectivity index (χ4v) is 2.24. The van der Waals surface area contributed by atoms with Crippen molar-refractivity contribution in [3.63, 3.8) is 0 Å². The molecule has 1 fully saturated rings. The Balaban J connectivity index is 2.11. The molecule has 1 amide bonds. The molecule has 2 rings (SSSR count). The molecule has 17 heavy (non-hydrogen) atoms. The molecular weight excluding hydrogens is 216 g/mol. The van der Waals surface area contributed by atoms with Gasteiger partial charge in [0.25, 0.3) is 5.91 Å². The highest BCUT2D eigenvalue weighted by atomic mass is 16.2. The van der Waals surface area contributed by atoms with E-state index in [0.29, 0.717) is 23.3 Å². The molecule has 0 spiro atoms. The van der Waals surface area contributed by atoms with Crippen LogP contribution in [0, 0.1) is 5.92 Å². The smallest absolute Gasteiger partial charge is 0.271 e. The number of hydrogen-bond donors (Lipinski definition) is 2. The van der Waals surface area contributed by atoms with E-state index in [2.05, 4.69) is 17.3 Å². The topological polar surface area (TPSA) is 72.9 Å². The van der Waals surface area contributed by atoms with Crippen molar-refractivity contribution < 1.29 is 4.79 Å². The van der Waals surface area contributed by atoms with Crippen LogP contribution >= 0.6 is 0 Å². The molecule has 1 aromatic heterocycles. The molecule has 0 saturated heterocycles. The van der Waals surface area contributed by atoms with Crippen molar-refractivity contribution in [2.45, 2.75) is 39.2 Å². The summed E-state index contributed by atoms with van der Waals surface area (Å²) < 4.78 is 1.58. The Bertz CT molecular complexity index is 438. The molecule has 1 saturated carbocycles. The number of aromatic nitrogens is 2. The van der Waals surface area contributed by atoms with Crippen LogP contribution in [-0.2, 0) is 13.5 Å². The van der Waals surface area contributed by atoms with Crippen molar-refractivity contribution in [2.24, 2.45) is 13.0 Å². The molecule has 3 N–H and O–H groups in total. The quantitative estimate of drug-likeness (QED) is 0.822. The summed E-state index contributed by atoms with van der Waals surface area (Å²) in [5.41, 5.74) is 7.73. The van der Waals surface area contributed by atoms with E-state index in [1.165, 1.54) is 0 Å². The first-order valence-electron chi connectivity index (χ1n) is 6.20. The van der Waals surface area contributed by atoms with Crippen LogP contribution in [0.25, 0.3) is 0 Å². The van der Waals surface area contributed by atoms with Gasteiger partial charge in [-0.2, -0.15) is 5.10 Å². The number of rotatable bonds is 4. The highest BCUT2D eigenvalue weighted by Gasteiger charge is 2.37. The number of anilines is 1. The minimum Gasteiger partial charge on any atom is -0.395 e. The van der Waals surface area contributed by atoms with Crippen molar-refractivity contribution in [1.29, 1.82) is 0 Å². The second-order valence-electron chi connectivity index (χ2n) is 4.67. The summed E-state index contributed by atoms with van der Waals surface area (Å²) in [5.74, 6) is 0.539. The van der Waals surface area contributed by atoms with Gasteiger partial charge in [0.2, 0.25) is 0 Å². The Morgan fingerprint density at radius 2 is 2.29 bits per heavy atom. The van der Waals surface area contributed by atoms with Gasteiger partial charge < -0.3 is 11.1 Å². The number of aryl methyl sites for hydroxylation is 2. The van der Waals surface area contributed by atoms with Gasteiger partial charge in [-0.3, -0.25) is 9.48 Å². The summed E-state index contributed by atoms with van der Waals surface area (Å²) in [5, 5.41) is 7.26. The Hall–Kier alpha value is -1.52. The second-order valence-corrected chi connectivity index (χ2v) is 4.67. The SMILES string of the molecule is CCc1nn(C)c(C(=O)NC2CC2CC)c1N. The first-order chi connectivity index (χ1) is 8.08. The van der Waals surface area contributed by atoms with Gasteiger partial charge in [0.1, 0.15) is 5.69 Å². The number of amides is 1. The summed E-state index contributed by atoms with van der Waals surface area (Å²) in [6.45, 7) is 4.12. The van der Waals surface area contributed by atoms with Gasteiger partial charge in [-0.1, -0.05) is 20.3 Å². The lowest BCUT2D eigenvalue weighted by atomic mass is 10.2. The van der Waals surface area contributed by atoms with E-state index in [-0.39, 0.29) is 5.91 Å². The molecule has 2 unspecified atom stereocenters. The fourth-order valence-electron chi connectivity index (χ4n) is 2.24. The van der Waals surface area contributed by atoms with Gasteiger partial charge >= 0.3 is 0 Å². The summed E-state index contributed by atoms with van der Waals surface area (Å²) in [7, 11) is 1.76.